The molecule has 0 fully saturated rings. The van der Waals surface area contributed by atoms with Crippen LogP contribution < -0.4 is 10.5 Å². The highest BCUT2D eigenvalue weighted by molar-refractivity contribution is 7.89. The van der Waals surface area contributed by atoms with Crippen molar-refractivity contribution >= 4 is 27.3 Å². The van der Waals surface area contributed by atoms with Crippen molar-refractivity contribution < 1.29 is 18.1 Å². The number of anilines is 1. The molecule has 0 aliphatic heterocycles. The minimum Gasteiger partial charge on any atom is -0.393 e. The minimum absolute atomic E-state index is 0.0708. The summed E-state index contributed by atoms with van der Waals surface area (Å²) in [6.45, 7) is 0. The number of hydrogen-bond acceptors (Lipinski definition) is 6. The molecule has 9 heteroatoms. The Bertz CT molecular complexity index is 581. The molecule has 0 aromatic heterocycles. The zero-order valence-electron chi connectivity index (χ0n) is 8.71. The van der Waals surface area contributed by atoms with Crippen molar-refractivity contribution in [3.05, 3.63) is 33.9 Å². The van der Waals surface area contributed by atoms with Gasteiger partial charge in [0.1, 0.15) is 5.69 Å². The van der Waals surface area contributed by atoms with E-state index in [0.717, 1.165) is 24.5 Å². The summed E-state index contributed by atoms with van der Waals surface area (Å²) in [5.74, 6) is -0.894. The molecule has 0 saturated carbocycles. The fourth-order valence-corrected chi connectivity index (χ4v) is 1.54. The third kappa shape index (κ3) is 3.41. The van der Waals surface area contributed by atoms with Gasteiger partial charge in [-0.15, -0.1) is 0 Å². The number of hydrogen-bond donors (Lipinski definition) is 2. The molecule has 92 valence electrons. The summed E-state index contributed by atoms with van der Waals surface area (Å²) in [4.78, 5) is 21.1. The SMILES string of the molecule is CS(=O)(=O)NC(=O)c1ccc([N+](=O)[O-])c(N)c1. The van der Waals surface area contributed by atoms with Gasteiger partial charge >= 0.3 is 0 Å². The lowest BCUT2D eigenvalue weighted by Gasteiger charge is -2.03. The van der Waals surface area contributed by atoms with Crippen molar-refractivity contribution in [1.82, 2.24) is 4.72 Å². The van der Waals surface area contributed by atoms with Crippen LogP contribution in [0.1, 0.15) is 10.4 Å². The highest BCUT2D eigenvalue weighted by Crippen LogP contribution is 2.21. The first-order chi connectivity index (χ1) is 7.70. The summed E-state index contributed by atoms with van der Waals surface area (Å²) in [7, 11) is -3.69. The number of nitro benzene ring substituents is 1. The predicted octanol–water partition coefficient (Wildman–Crippen LogP) is -0.134. The van der Waals surface area contributed by atoms with Crippen LogP contribution in [0.2, 0.25) is 0 Å². The second-order valence-corrected chi connectivity index (χ2v) is 4.98. The van der Waals surface area contributed by atoms with E-state index in [2.05, 4.69) is 0 Å². The topological polar surface area (TPSA) is 132 Å². The number of nitrogen functional groups attached to an aromatic ring is 1. The van der Waals surface area contributed by atoms with Crippen LogP contribution in [0.5, 0.6) is 0 Å². The fraction of sp³-hybridized carbons (Fsp3) is 0.125. The van der Waals surface area contributed by atoms with Crippen LogP contribution in [0.25, 0.3) is 0 Å². The van der Waals surface area contributed by atoms with E-state index in [1.807, 2.05) is 0 Å². The number of amides is 1. The van der Waals surface area contributed by atoms with E-state index in [1.54, 1.807) is 4.72 Å². The number of benzene rings is 1. The van der Waals surface area contributed by atoms with Gasteiger partial charge in [-0.2, -0.15) is 0 Å². The van der Waals surface area contributed by atoms with Crippen molar-refractivity contribution in [2.75, 3.05) is 12.0 Å². The Morgan fingerprint density at radius 1 is 1.47 bits per heavy atom. The molecule has 1 amide bonds. The number of nitrogens with zero attached hydrogens (tertiary/aromatic N) is 1. The monoisotopic (exact) mass is 259 g/mol. The van der Waals surface area contributed by atoms with Crippen LogP contribution in [0.4, 0.5) is 11.4 Å². The lowest BCUT2D eigenvalue weighted by atomic mass is 10.1. The third-order valence-corrected chi connectivity index (χ3v) is 2.32. The Kier molecular flexibility index (Phi) is 3.32. The van der Waals surface area contributed by atoms with Gasteiger partial charge in [0.25, 0.3) is 11.6 Å². The van der Waals surface area contributed by atoms with Crippen LogP contribution in [-0.2, 0) is 10.0 Å². The van der Waals surface area contributed by atoms with Gasteiger partial charge in [0.2, 0.25) is 10.0 Å². The molecule has 17 heavy (non-hydrogen) atoms. The Morgan fingerprint density at radius 2 is 2.06 bits per heavy atom. The average Bonchev–Trinajstić information content (AvgIpc) is 2.14. The molecule has 0 aliphatic carbocycles. The zero-order valence-corrected chi connectivity index (χ0v) is 9.52. The molecule has 0 heterocycles. The second kappa shape index (κ2) is 4.37. The van der Waals surface area contributed by atoms with E-state index in [0.29, 0.717) is 0 Å². The molecule has 8 nitrogen and oxygen atoms in total. The number of sulfonamides is 1. The van der Waals surface area contributed by atoms with Crippen LogP contribution >= 0.6 is 0 Å². The standard InChI is InChI=1S/C8H9N3O5S/c1-17(15,16)10-8(12)5-2-3-7(11(13)14)6(9)4-5/h2-4H,9H2,1H3,(H,10,12). The van der Waals surface area contributed by atoms with Gasteiger partial charge in [-0.25, -0.2) is 13.1 Å². The van der Waals surface area contributed by atoms with Gasteiger partial charge in [-0.05, 0) is 12.1 Å². The number of carbonyl (C=O) groups excluding carboxylic acids is 1. The summed E-state index contributed by atoms with van der Waals surface area (Å²) >= 11 is 0. The second-order valence-electron chi connectivity index (χ2n) is 3.23. The summed E-state index contributed by atoms with van der Waals surface area (Å²) in [6.07, 6.45) is 0.819. The van der Waals surface area contributed by atoms with E-state index in [1.165, 1.54) is 0 Å². The van der Waals surface area contributed by atoms with Crippen molar-refractivity contribution in [1.29, 1.82) is 0 Å². The van der Waals surface area contributed by atoms with Gasteiger partial charge in [0.15, 0.2) is 0 Å². The van der Waals surface area contributed by atoms with Crippen LogP contribution in [0.15, 0.2) is 18.2 Å². The summed E-state index contributed by atoms with van der Waals surface area (Å²) in [5.41, 5.74) is 4.72. The maximum atomic E-state index is 11.4. The number of nitrogens with one attached hydrogen (secondary N) is 1. The average molecular weight is 259 g/mol. The molecule has 0 aliphatic rings. The molecule has 1 rings (SSSR count). The van der Waals surface area contributed by atoms with E-state index < -0.39 is 20.9 Å². The maximum absolute atomic E-state index is 11.4. The number of nitrogens with two attached hydrogens (primary N) is 1. The van der Waals surface area contributed by atoms with Gasteiger partial charge in [0, 0.05) is 11.6 Å². The van der Waals surface area contributed by atoms with E-state index in [-0.39, 0.29) is 16.9 Å². The Morgan fingerprint density at radius 3 is 2.47 bits per heavy atom. The first-order valence-corrected chi connectivity index (χ1v) is 6.16. The number of carbonyl (C=O) groups is 1. The van der Waals surface area contributed by atoms with Gasteiger partial charge in [-0.3, -0.25) is 14.9 Å². The molecule has 0 saturated heterocycles. The molecule has 0 radical (unpaired) electrons. The zero-order chi connectivity index (χ0) is 13.2. The molecular weight excluding hydrogens is 250 g/mol. The number of rotatable bonds is 3. The molecule has 0 unspecified atom stereocenters. The number of nitro groups is 1. The fourth-order valence-electron chi connectivity index (χ4n) is 1.09. The molecule has 3 N–H and O–H groups in total. The van der Waals surface area contributed by atoms with Gasteiger partial charge in [0.05, 0.1) is 11.2 Å². The molecular formula is C8H9N3O5S. The van der Waals surface area contributed by atoms with Gasteiger partial charge in [-0.1, -0.05) is 0 Å². The largest absolute Gasteiger partial charge is 0.393 e. The van der Waals surface area contributed by atoms with Crippen LogP contribution in [-0.4, -0.2) is 25.5 Å². The summed E-state index contributed by atoms with van der Waals surface area (Å²) < 4.78 is 23.3. The first-order valence-electron chi connectivity index (χ1n) is 4.27. The molecule has 1 aromatic rings. The Labute approximate surface area is 96.6 Å². The van der Waals surface area contributed by atoms with Crippen LogP contribution in [0, 0.1) is 10.1 Å². The quantitative estimate of drug-likeness (QED) is 0.441. The molecule has 1 aromatic carbocycles. The molecule has 0 bridgehead atoms. The van der Waals surface area contributed by atoms with Crippen LogP contribution in [0.3, 0.4) is 0 Å². The molecule has 0 spiro atoms. The van der Waals surface area contributed by atoms with E-state index in [4.69, 9.17) is 5.73 Å². The van der Waals surface area contributed by atoms with Crippen molar-refractivity contribution in [3.8, 4) is 0 Å². The highest BCUT2D eigenvalue weighted by atomic mass is 32.2. The maximum Gasteiger partial charge on any atom is 0.292 e. The summed E-state index contributed by atoms with van der Waals surface area (Å²) in [5, 5.41) is 10.5. The first kappa shape index (κ1) is 12.9. The van der Waals surface area contributed by atoms with E-state index in [9.17, 15) is 23.3 Å². The Hall–Kier alpha value is -2.16. The van der Waals surface area contributed by atoms with Gasteiger partial charge < -0.3 is 5.73 Å². The highest BCUT2D eigenvalue weighted by Gasteiger charge is 2.16. The van der Waals surface area contributed by atoms with E-state index >= 15 is 0 Å². The lowest BCUT2D eigenvalue weighted by Crippen LogP contribution is -2.29. The smallest absolute Gasteiger partial charge is 0.292 e. The normalized spacial score (nSPS) is 10.9. The van der Waals surface area contributed by atoms with Crippen molar-refractivity contribution in [3.63, 3.8) is 0 Å². The predicted molar refractivity (Wildman–Crippen MR) is 59.8 cm³/mol. The third-order valence-electron chi connectivity index (χ3n) is 1.76. The summed E-state index contributed by atoms with van der Waals surface area (Å²) in [6, 6.07) is 3.19. The minimum atomic E-state index is -3.69. The molecule has 0 atom stereocenters. The van der Waals surface area contributed by atoms with Crippen molar-refractivity contribution in [2.45, 2.75) is 0 Å². The lowest BCUT2D eigenvalue weighted by molar-refractivity contribution is -0.383. The Balaban J connectivity index is 3.06. The van der Waals surface area contributed by atoms with Crippen molar-refractivity contribution in [2.24, 2.45) is 0 Å².